The van der Waals surface area contributed by atoms with E-state index in [1.807, 2.05) is 0 Å². The topological polar surface area (TPSA) is 55.4 Å². The van der Waals surface area contributed by atoms with Crippen LogP contribution in [-0.2, 0) is 14.6 Å². The van der Waals surface area contributed by atoms with Gasteiger partial charge in [0.2, 0.25) is 0 Å². The second-order valence-electron chi connectivity index (χ2n) is 4.78. The van der Waals surface area contributed by atoms with Gasteiger partial charge in [0.05, 0.1) is 18.1 Å². The van der Waals surface area contributed by atoms with E-state index >= 15 is 0 Å². The van der Waals surface area contributed by atoms with Crippen molar-refractivity contribution in [1.82, 2.24) is 5.32 Å². The third kappa shape index (κ3) is 3.58. The van der Waals surface area contributed by atoms with Crippen molar-refractivity contribution in [2.24, 2.45) is 11.8 Å². The first-order chi connectivity index (χ1) is 7.07. The van der Waals surface area contributed by atoms with Gasteiger partial charge in [0.25, 0.3) is 0 Å². The van der Waals surface area contributed by atoms with Crippen molar-refractivity contribution in [2.75, 3.05) is 24.7 Å². The van der Waals surface area contributed by atoms with Gasteiger partial charge in [-0.2, -0.15) is 0 Å². The van der Waals surface area contributed by atoms with Crippen molar-refractivity contribution in [3.8, 4) is 0 Å². The monoisotopic (exact) mass is 269 g/mol. The Labute approximate surface area is 103 Å². The summed E-state index contributed by atoms with van der Waals surface area (Å²) in [6.45, 7) is 3.80. The molecule has 0 aromatic heterocycles. The smallest absolute Gasteiger partial charge is 0.150 e. The highest BCUT2D eigenvalue weighted by atomic mass is 35.5. The summed E-state index contributed by atoms with van der Waals surface area (Å²) in [4.78, 5) is 0. The van der Waals surface area contributed by atoms with Gasteiger partial charge in [-0.15, -0.1) is 12.4 Å². The average molecular weight is 270 g/mol. The van der Waals surface area contributed by atoms with Crippen LogP contribution in [0.25, 0.3) is 0 Å². The number of nitrogens with one attached hydrogen (secondary N) is 1. The largest absolute Gasteiger partial charge is 0.363 e. The summed E-state index contributed by atoms with van der Waals surface area (Å²) >= 11 is 0. The predicted molar refractivity (Wildman–Crippen MR) is 65.5 cm³/mol. The number of hydrogen-bond acceptors (Lipinski definition) is 4. The Morgan fingerprint density at radius 2 is 2.12 bits per heavy atom. The van der Waals surface area contributed by atoms with Crippen molar-refractivity contribution in [1.29, 1.82) is 0 Å². The molecule has 1 N–H and O–H groups in total. The summed E-state index contributed by atoms with van der Waals surface area (Å²) in [6, 6.07) is 0. The summed E-state index contributed by atoms with van der Waals surface area (Å²) in [5.41, 5.74) is 0. The molecule has 6 heteroatoms. The lowest BCUT2D eigenvalue weighted by molar-refractivity contribution is -0.0540. The third-order valence-electron chi connectivity index (χ3n) is 3.15. The normalized spacial score (nSPS) is 38.7. The molecule has 0 bridgehead atoms. The predicted octanol–water partition coefficient (Wildman–Crippen LogP) is 0.815. The van der Waals surface area contributed by atoms with Gasteiger partial charge < -0.3 is 4.74 Å². The van der Waals surface area contributed by atoms with Crippen LogP contribution in [0.3, 0.4) is 0 Å². The van der Waals surface area contributed by atoms with Crippen LogP contribution in [0.1, 0.15) is 19.8 Å². The summed E-state index contributed by atoms with van der Waals surface area (Å²) in [6.07, 6.45) is 1.70. The Morgan fingerprint density at radius 3 is 2.69 bits per heavy atom. The minimum atomic E-state index is -2.81. The molecule has 0 saturated carbocycles. The number of ether oxygens (including phenoxy) is 1. The molecule has 0 aliphatic carbocycles. The van der Waals surface area contributed by atoms with Crippen molar-refractivity contribution < 1.29 is 13.2 Å². The van der Waals surface area contributed by atoms with Crippen LogP contribution in [0, 0.1) is 11.8 Å². The zero-order valence-corrected chi connectivity index (χ0v) is 11.1. The Morgan fingerprint density at radius 1 is 1.38 bits per heavy atom. The number of hydrogen-bond donors (Lipinski definition) is 1. The van der Waals surface area contributed by atoms with Crippen molar-refractivity contribution in [3.63, 3.8) is 0 Å². The fourth-order valence-corrected chi connectivity index (χ4v) is 4.07. The second kappa shape index (κ2) is 5.67. The van der Waals surface area contributed by atoms with Gasteiger partial charge in [-0.1, -0.05) is 6.92 Å². The molecule has 3 unspecified atom stereocenters. The van der Waals surface area contributed by atoms with Crippen molar-refractivity contribution in [2.45, 2.75) is 26.0 Å². The Balaban J connectivity index is 0.00000128. The summed E-state index contributed by atoms with van der Waals surface area (Å²) < 4.78 is 28.6. The highest BCUT2D eigenvalue weighted by Gasteiger charge is 2.33. The molecule has 4 nitrogen and oxygen atoms in total. The summed E-state index contributed by atoms with van der Waals surface area (Å²) in [5.74, 6) is 1.32. The first-order valence-corrected chi connectivity index (χ1v) is 7.44. The second-order valence-corrected chi connectivity index (χ2v) is 7.01. The fourth-order valence-electron chi connectivity index (χ4n) is 2.30. The lowest BCUT2D eigenvalue weighted by atomic mass is 10.0. The first-order valence-electron chi connectivity index (χ1n) is 5.62. The molecule has 2 aliphatic heterocycles. The molecular weight excluding hydrogens is 250 g/mol. The van der Waals surface area contributed by atoms with Crippen LogP contribution >= 0.6 is 12.4 Å². The van der Waals surface area contributed by atoms with E-state index in [0.717, 1.165) is 26.0 Å². The van der Waals surface area contributed by atoms with Gasteiger partial charge in [0.15, 0.2) is 9.84 Å². The maximum atomic E-state index is 11.5. The molecule has 0 aromatic rings. The maximum Gasteiger partial charge on any atom is 0.150 e. The lowest BCUT2D eigenvalue weighted by Gasteiger charge is -2.35. The van der Waals surface area contributed by atoms with E-state index in [-0.39, 0.29) is 24.6 Å². The molecule has 2 saturated heterocycles. The van der Waals surface area contributed by atoms with Crippen LogP contribution in [0.15, 0.2) is 0 Å². The van der Waals surface area contributed by atoms with Crippen molar-refractivity contribution in [3.05, 3.63) is 0 Å². The molecule has 2 fully saturated rings. The van der Waals surface area contributed by atoms with E-state index < -0.39 is 9.84 Å². The van der Waals surface area contributed by atoms with E-state index in [1.165, 1.54) is 0 Å². The Kier molecular flexibility index (Phi) is 5.04. The molecule has 2 aliphatic rings. The zero-order chi connectivity index (χ0) is 10.9. The van der Waals surface area contributed by atoms with Gasteiger partial charge in [0.1, 0.15) is 6.23 Å². The average Bonchev–Trinajstić information content (AvgIpc) is 2.17. The first kappa shape index (κ1) is 14.2. The van der Waals surface area contributed by atoms with Crippen LogP contribution in [0.5, 0.6) is 0 Å². The highest BCUT2D eigenvalue weighted by molar-refractivity contribution is 7.91. The number of rotatable bonds is 1. The molecule has 0 radical (unpaired) electrons. The van der Waals surface area contributed by atoms with Crippen LogP contribution < -0.4 is 5.32 Å². The molecule has 0 spiro atoms. The Hall–Kier alpha value is 0.160. The van der Waals surface area contributed by atoms with Gasteiger partial charge in [0, 0.05) is 12.5 Å². The molecule has 96 valence electrons. The van der Waals surface area contributed by atoms with Gasteiger partial charge in [-0.3, -0.25) is 5.32 Å². The van der Waals surface area contributed by atoms with Crippen LogP contribution in [0.2, 0.25) is 0 Å². The maximum absolute atomic E-state index is 11.5. The third-order valence-corrected chi connectivity index (χ3v) is 5.00. The molecule has 0 amide bonds. The van der Waals surface area contributed by atoms with Gasteiger partial charge >= 0.3 is 0 Å². The molecule has 16 heavy (non-hydrogen) atoms. The van der Waals surface area contributed by atoms with E-state index in [2.05, 4.69) is 12.2 Å². The molecule has 3 atom stereocenters. The highest BCUT2D eigenvalue weighted by Crippen LogP contribution is 2.24. The molecule has 2 heterocycles. The van der Waals surface area contributed by atoms with E-state index in [1.54, 1.807) is 0 Å². The molecule has 0 aromatic carbocycles. The Bertz CT molecular complexity index is 312. The lowest BCUT2D eigenvalue weighted by Crippen LogP contribution is -2.49. The minimum Gasteiger partial charge on any atom is -0.363 e. The molecular formula is C10H20ClNO3S. The molecule has 2 rings (SSSR count). The van der Waals surface area contributed by atoms with Gasteiger partial charge in [-0.05, 0) is 18.8 Å². The quantitative estimate of drug-likeness (QED) is 0.766. The standard InChI is InChI=1S/C10H19NO3S.ClH/c1-8-5-11-10(14-6-8)9-3-2-4-15(12,13)7-9;/h8-11H,2-7H2,1H3;1H. The van der Waals surface area contributed by atoms with E-state index in [9.17, 15) is 8.42 Å². The van der Waals surface area contributed by atoms with Gasteiger partial charge in [-0.25, -0.2) is 8.42 Å². The number of halogens is 1. The van der Waals surface area contributed by atoms with Crippen LogP contribution in [-0.4, -0.2) is 39.3 Å². The van der Waals surface area contributed by atoms with E-state index in [4.69, 9.17) is 4.74 Å². The van der Waals surface area contributed by atoms with Crippen LogP contribution in [0.4, 0.5) is 0 Å². The summed E-state index contributed by atoms with van der Waals surface area (Å²) in [5, 5.41) is 3.29. The number of sulfone groups is 1. The fraction of sp³-hybridized carbons (Fsp3) is 1.00. The SMILES string of the molecule is CC1CNC(C2CCCS(=O)(=O)C2)OC1.Cl. The summed E-state index contributed by atoms with van der Waals surface area (Å²) in [7, 11) is -2.81. The van der Waals surface area contributed by atoms with E-state index in [0.29, 0.717) is 17.4 Å². The van der Waals surface area contributed by atoms with Crippen molar-refractivity contribution >= 4 is 22.2 Å². The zero-order valence-electron chi connectivity index (χ0n) is 9.52. The minimum absolute atomic E-state index is 0.